The standard InChI is InChI=1S/C62H82F2N8O6/c1-41(65-3)57(73)67-55(45-13-7-5-8-14-45)61(77)71-33-11-17-53(71)39-69(35-31-43-19-27-51(63)28-20-43)59(75)49-25-23-48-38-50(26-24-47(48)37-49)60(76)70(36-32-44-21-29-52(64)30-22-44)40-54-18-12-34-72(54)62(78)56(46-15-9-6-10-16-46)68-58(74)42(2)66-4/h19-30,37-38,41-42,45-46,53-56,65-66H,5-18,31-36,39-40H2,1-4H3,(H,67,73)(H,68,74)/t41-,42-,53-,54+,55-,56-/m0/s1. The topological polar surface area (TPSA) is 163 Å². The summed E-state index contributed by atoms with van der Waals surface area (Å²) in [5, 5.41) is 13.7. The number of nitrogens with one attached hydrogen (secondary N) is 4. The molecule has 4 fully saturated rings. The highest BCUT2D eigenvalue weighted by Gasteiger charge is 2.42. The number of hydrogen-bond acceptors (Lipinski definition) is 8. The Labute approximate surface area is 459 Å². The molecule has 0 aromatic heterocycles. The van der Waals surface area contributed by atoms with Crippen molar-refractivity contribution >= 4 is 46.2 Å². The number of carbonyl (C=O) groups is 6. The molecule has 6 atom stereocenters. The molecule has 0 unspecified atom stereocenters. The van der Waals surface area contributed by atoms with E-state index in [0.717, 1.165) is 98.9 Å². The zero-order valence-corrected chi connectivity index (χ0v) is 46.3. The Morgan fingerprint density at radius 2 is 0.885 bits per heavy atom. The van der Waals surface area contributed by atoms with E-state index >= 15 is 0 Å². The summed E-state index contributed by atoms with van der Waals surface area (Å²) in [6.07, 6.45) is 13.5. The normalized spacial score (nSPS) is 19.7. The number of carbonyl (C=O) groups excluding carboxylic acids is 6. The first-order valence-corrected chi connectivity index (χ1v) is 28.9. The lowest BCUT2D eigenvalue weighted by Gasteiger charge is -2.37. The van der Waals surface area contributed by atoms with Crippen molar-refractivity contribution in [3.8, 4) is 0 Å². The van der Waals surface area contributed by atoms with E-state index in [4.69, 9.17) is 0 Å². The highest BCUT2D eigenvalue weighted by atomic mass is 19.1. The second-order valence-corrected chi connectivity index (χ2v) is 22.5. The first-order valence-electron chi connectivity index (χ1n) is 28.9. The maximum atomic E-state index is 14.9. The molecule has 2 saturated heterocycles. The fraction of sp³-hybridized carbons (Fsp3) is 0.548. The van der Waals surface area contributed by atoms with Crippen molar-refractivity contribution in [3.63, 3.8) is 0 Å². The van der Waals surface area contributed by atoms with Crippen molar-refractivity contribution in [1.82, 2.24) is 40.9 Å². The Hall–Kier alpha value is -6.26. The molecule has 2 aliphatic carbocycles. The van der Waals surface area contributed by atoms with Crippen LogP contribution in [0.2, 0.25) is 0 Å². The molecule has 16 heteroatoms. The van der Waals surface area contributed by atoms with E-state index in [1.54, 1.807) is 74.1 Å². The van der Waals surface area contributed by atoms with Gasteiger partial charge in [0.15, 0.2) is 0 Å². The summed E-state index contributed by atoms with van der Waals surface area (Å²) in [5.41, 5.74) is 2.63. The smallest absolute Gasteiger partial charge is 0.253 e. The van der Waals surface area contributed by atoms with Gasteiger partial charge in [0.05, 0.1) is 12.1 Å². The van der Waals surface area contributed by atoms with Gasteiger partial charge in [-0.1, -0.05) is 74.9 Å². The summed E-state index contributed by atoms with van der Waals surface area (Å²) in [4.78, 5) is 93.0. The Morgan fingerprint density at radius 1 is 0.513 bits per heavy atom. The van der Waals surface area contributed by atoms with Crippen molar-refractivity contribution < 1.29 is 37.5 Å². The Morgan fingerprint density at radius 3 is 1.24 bits per heavy atom. The molecule has 2 aliphatic heterocycles. The number of rotatable bonds is 22. The van der Waals surface area contributed by atoms with E-state index in [-0.39, 0.29) is 84.1 Å². The second kappa shape index (κ2) is 27.6. The molecule has 6 amide bonds. The molecule has 14 nitrogen and oxygen atoms in total. The monoisotopic (exact) mass is 1070 g/mol. The molecule has 4 aliphatic rings. The lowest BCUT2D eigenvalue weighted by Crippen LogP contribution is -2.57. The molecule has 4 aromatic rings. The van der Waals surface area contributed by atoms with Crippen LogP contribution >= 0.6 is 0 Å². The maximum Gasteiger partial charge on any atom is 0.253 e. The molecule has 0 spiro atoms. The second-order valence-electron chi connectivity index (χ2n) is 22.5. The third-order valence-corrected chi connectivity index (χ3v) is 17.3. The van der Waals surface area contributed by atoms with E-state index < -0.39 is 24.2 Å². The lowest BCUT2D eigenvalue weighted by atomic mass is 9.83. The summed E-state index contributed by atoms with van der Waals surface area (Å²) in [6, 6.07) is 20.6. The largest absolute Gasteiger partial charge is 0.343 e. The van der Waals surface area contributed by atoms with Crippen LogP contribution in [0.5, 0.6) is 0 Å². The van der Waals surface area contributed by atoms with Crippen LogP contribution < -0.4 is 21.3 Å². The van der Waals surface area contributed by atoms with Crippen molar-refractivity contribution in [1.29, 1.82) is 0 Å². The predicted molar refractivity (Wildman–Crippen MR) is 299 cm³/mol. The summed E-state index contributed by atoms with van der Waals surface area (Å²) >= 11 is 0. The summed E-state index contributed by atoms with van der Waals surface area (Å²) in [5.74, 6) is -1.71. The molecule has 2 heterocycles. The fourth-order valence-corrected chi connectivity index (χ4v) is 12.3. The number of likely N-dealkylation sites (N-methyl/N-ethyl adjacent to an activating group) is 2. The average Bonchev–Trinajstić information content (AvgIpc) is 4.17. The minimum atomic E-state index is -0.657. The van der Waals surface area contributed by atoms with Gasteiger partial charge in [0, 0.05) is 62.5 Å². The van der Waals surface area contributed by atoms with Gasteiger partial charge in [-0.25, -0.2) is 8.78 Å². The number of fused-ring (bicyclic) bond motifs is 1. The highest BCUT2D eigenvalue weighted by Crippen LogP contribution is 2.32. The van der Waals surface area contributed by atoms with Crippen LogP contribution in [-0.2, 0) is 32.0 Å². The SMILES string of the molecule is CN[C@@H](C)C(=O)N[C@H](C(=O)N1CCC[C@@H]1CN(CCc1ccc(F)cc1)C(=O)c1ccc2cc(C(=O)N(CCc3ccc(F)cc3)C[C@@H]3CCCN3C(=O)[C@@H](NC(=O)[C@H](C)NC)C3CCCCC3)ccc2c1)C1CCCCC1. The number of benzene rings is 4. The minimum absolute atomic E-state index is 0.0286. The summed E-state index contributed by atoms with van der Waals surface area (Å²) in [6.45, 7) is 5.80. The molecule has 420 valence electrons. The van der Waals surface area contributed by atoms with Gasteiger partial charge in [0.2, 0.25) is 23.6 Å². The van der Waals surface area contributed by atoms with Crippen LogP contribution in [0.4, 0.5) is 8.78 Å². The van der Waals surface area contributed by atoms with Crippen molar-refractivity contribution in [2.45, 2.75) is 153 Å². The van der Waals surface area contributed by atoms with Crippen LogP contribution in [-0.4, -0.2) is 145 Å². The van der Waals surface area contributed by atoms with E-state index in [0.29, 0.717) is 63.0 Å². The molecule has 0 radical (unpaired) electrons. The highest BCUT2D eigenvalue weighted by molar-refractivity contribution is 6.02. The van der Waals surface area contributed by atoms with Crippen LogP contribution in [0, 0.1) is 23.5 Å². The van der Waals surface area contributed by atoms with Crippen LogP contribution in [0.1, 0.15) is 136 Å². The molecule has 4 aromatic carbocycles. The van der Waals surface area contributed by atoms with Crippen molar-refractivity contribution in [3.05, 3.63) is 119 Å². The zero-order valence-electron chi connectivity index (χ0n) is 46.3. The first-order chi connectivity index (χ1) is 37.7. The molecule has 2 saturated carbocycles. The zero-order chi connectivity index (χ0) is 55.3. The van der Waals surface area contributed by atoms with Gasteiger partial charge in [-0.05, 0) is 174 Å². The van der Waals surface area contributed by atoms with Crippen LogP contribution in [0.3, 0.4) is 0 Å². The Balaban J connectivity index is 1.02. The summed E-state index contributed by atoms with van der Waals surface area (Å²) < 4.78 is 28.0. The third kappa shape index (κ3) is 14.7. The quantitative estimate of drug-likeness (QED) is 0.0620. The van der Waals surface area contributed by atoms with Crippen molar-refractivity contribution in [2.75, 3.05) is 53.4 Å². The Bertz CT molecular complexity index is 2510. The van der Waals surface area contributed by atoms with E-state index in [1.165, 1.54) is 24.3 Å². The predicted octanol–water partition coefficient (Wildman–Crippen LogP) is 7.82. The van der Waals surface area contributed by atoms with Crippen LogP contribution in [0.25, 0.3) is 10.8 Å². The van der Waals surface area contributed by atoms with Gasteiger partial charge in [-0.2, -0.15) is 0 Å². The van der Waals surface area contributed by atoms with Gasteiger partial charge in [-0.3, -0.25) is 28.8 Å². The van der Waals surface area contributed by atoms with E-state index in [9.17, 15) is 37.5 Å². The van der Waals surface area contributed by atoms with Gasteiger partial charge in [0.25, 0.3) is 11.8 Å². The maximum absolute atomic E-state index is 14.9. The Kier molecular flexibility index (Phi) is 20.5. The van der Waals surface area contributed by atoms with Gasteiger partial charge < -0.3 is 40.9 Å². The number of hydrogen-bond donors (Lipinski definition) is 4. The number of halogens is 2. The van der Waals surface area contributed by atoms with Gasteiger partial charge >= 0.3 is 0 Å². The first kappa shape index (κ1) is 57.9. The van der Waals surface area contributed by atoms with E-state index in [1.807, 2.05) is 34.1 Å². The van der Waals surface area contributed by atoms with E-state index in [2.05, 4.69) is 21.3 Å². The van der Waals surface area contributed by atoms with Gasteiger partial charge in [-0.15, -0.1) is 0 Å². The molecule has 78 heavy (non-hydrogen) atoms. The molecule has 8 rings (SSSR count). The fourth-order valence-electron chi connectivity index (χ4n) is 12.3. The minimum Gasteiger partial charge on any atom is -0.343 e. The molecule has 0 bridgehead atoms. The third-order valence-electron chi connectivity index (χ3n) is 17.3. The van der Waals surface area contributed by atoms with Crippen LogP contribution in [0.15, 0.2) is 84.9 Å². The van der Waals surface area contributed by atoms with Gasteiger partial charge in [0.1, 0.15) is 23.7 Å². The average molecular weight is 1070 g/mol. The van der Waals surface area contributed by atoms with Crippen molar-refractivity contribution in [2.24, 2.45) is 11.8 Å². The summed E-state index contributed by atoms with van der Waals surface area (Å²) in [7, 11) is 3.45. The number of nitrogens with zero attached hydrogens (tertiary/aromatic N) is 4. The number of likely N-dealkylation sites (tertiary alicyclic amines) is 2. The molecular formula is C62H82F2N8O6. The molecule has 4 N–H and O–H groups in total. The number of amides is 6. The lowest BCUT2D eigenvalue weighted by molar-refractivity contribution is -0.139. The molecular weight excluding hydrogens is 991 g/mol.